The van der Waals surface area contributed by atoms with Crippen LogP contribution in [0.15, 0.2) is 30.3 Å². The zero-order valence-electron chi connectivity index (χ0n) is 10.6. The average Bonchev–Trinajstić information content (AvgIpc) is 2.38. The molecule has 1 amide bonds. The Morgan fingerprint density at radius 1 is 1.17 bits per heavy atom. The van der Waals surface area contributed by atoms with Crippen LogP contribution in [0.4, 0.5) is 0 Å². The number of carbonyl (C=O) groups excluding carboxylic acids is 1. The van der Waals surface area contributed by atoms with Crippen molar-refractivity contribution in [2.75, 3.05) is 13.1 Å². The van der Waals surface area contributed by atoms with Gasteiger partial charge in [-0.05, 0) is 37.6 Å². The summed E-state index contributed by atoms with van der Waals surface area (Å²) in [5, 5.41) is 8.75. The molecule has 1 aromatic rings. The highest BCUT2D eigenvalue weighted by atomic mass is 16.4. The number of nitrogens with zero attached hydrogens (tertiary/aromatic N) is 1. The fraction of sp³-hybridized carbons (Fsp3) is 0.286. The summed E-state index contributed by atoms with van der Waals surface area (Å²) < 4.78 is 0. The molecule has 96 valence electrons. The number of carbonyl (C=O) groups is 2. The molecule has 0 saturated carbocycles. The summed E-state index contributed by atoms with van der Waals surface area (Å²) in [6.45, 7) is 5.21. The highest BCUT2D eigenvalue weighted by Gasteiger charge is 2.04. The van der Waals surface area contributed by atoms with E-state index in [0.717, 1.165) is 5.56 Å². The van der Waals surface area contributed by atoms with Crippen LogP contribution >= 0.6 is 0 Å². The number of hydrogen-bond acceptors (Lipinski definition) is 2. The van der Waals surface area contributed by atoms with Crippen molar-refractivity contribution in [2.24, 2.45) is 0 Å². The average molecular weight is 247 g/mol. The van der Waals surface area contributed by atoms with Crippen LogP contribution in [-0.4, -0.2) is 35.0 Å². The summed E-state index contributed by atoms with van der Waals surface area (Å²) >= 11 is 0. The van der Waals surface area contributed by atoms with Crippen molar-refractivity contribution in [3.8, 4) is 0 Å². The minimum atomic E-state index is -0.954. The van der Waals surface area contributed by atoms with E-state index in [0.29, 0.717) is 13.1 Å². The minimum Gasteiger partial charge on any atom is -0.478 e. The van der Waals surface area contributed by atoms with Gasteiger partial charge in [-0.1, -0.05) is 12.1 Å². The SMILES string of the molecule is CCN(CC)C(=O)C=Cc1ccc(C(=O)O)cc1. The van der Waals surface area contributed by atoms with Gasteiger partial charge in [-0.2, -0.15) is 0 Å². The molecule has 4 nitrogen and oxygen atoms in total. The van der Waals surface area contributed by atoms with Gasteiger partial charge in [0.2, 0.25) is 5.91 Å². The first-order chi connectivity index (χ1) is 8.58. The molecule has 1 aromatic carbocycles. The summed E-state index contributed by atoms with van der Waals surface area (Å²) in [6.07, 6.45) is 3.19. The molecule has 0 aliphatic rings. The van der Waals surface area contributed by atoms with Crippen molar-refractivity contribution in [1.82, 2.24) is 4.90 Å². The third kappa shape index (κ3) is 3.73. The lowest BCUT2D eigenvalue weighted by atomic mass is 10.1. The lowest BCUT2D eigenvalue weighted by Crippen LogP contribution is -2.28. The van der Waals surface area contributed by atoms with Crippen LogP contribution in [0.5, 0.6) is 0 Å². The van der Waals surface area contributed by atoms with Crippen molar-refractivity contribution in [3.05, 3.63) is 41.5 Å². The maximum atomic E-state index is 11.7. The molecule has 0 atom stereocenters. The van der Waals surface area contributed by atoms with Crippen LogP contribution in [-0.2, 0) is 4.79 Å². The Hall–Kier alpha value is -2.10. The second-order valence-electron chi connectivity index (χ2n) is 3.77. The number of aromatic carboxylic acids is 1. The smallest absolute Gasteiger partial charge is 0.335 e. The first-order valence-corrected chi connectivity index (χ1v) is 5.88. The molecule has 18 heavy (non-hydrogen) atoms. The second-order valence-corrected chi connectivity index (χ2v) is 3.77. The number of benzene rings is 1. The zero-order valence-corrected chi connectivity index (χ0v) is 10.6. The number of likely N-dealkylation sites (N-methyl/N-ethyl adjacent to an activating group) is 1. The topological polar surface area (TPSA) is 57.6 Å². The van der Waals surface area contributed by atoms with E-state index in [2.05, 4.69) is 0 Å². The fourth-order valence-corrected chi connectivity index (χ4v) is 1.55. The van der Waals surface area contributed by atoms with Gasteiger partial charge in [-0.15, -0.1) is 0 Å². The lowest BCUT2D eigenvalue weighted by Gasteiger charge is -2.15. The van der Waals surface area contributed by atoms with Crippen LogP contribution in [0.25, 0.3) is 6.08 Å². The van der Waals surface area contributed by atoms with E-state index in [4.69, 9.17) is 5.11 Å². The normalized spacial score (nSPS) is 10.6. The summed E-state index contributed by atoms with van der Waals surface area (Å²) in [5.74, 6) is -0.993. The molecule has 0 heterocycles. The van der Waals surface area contributed by atoms with Crippen molar-refractivity contribution in [3.63, 3.8) is 0 Å². The largest absolute Gasteiger partial charge is 0.478 e. The third-order valence-corrected chi connectivity index (χ3v) is 2.65. The second kappa shape index (κ2) is 6.59. The highest BCUT2D eigenvalue weighted by Crippen LogP contribution is 2.06. The van der Waals surface area contributed by atoms with Gasteiger partial charge in [0.15, 0.2) is 0 Å². The van der Waals surface area contributed by atoms with Crippen molar-refractivity contribution in [2.45, 2.75) is 13.8 Å². The van der Waals surface area contributed by atoms with Gasteiger partial charge in [0.05, 0.1) is 5.56 Å². The Morgan fingerprint density at radius 3 is 2.17 bits per heavy atom. The van der Waals surface area contributed by atoms with Crippen LogP contribution in [0.3, 0.4) is 0 Å². The molecule has 0 aliphatic heterocycles. The van der Waals surface area contributed by atoms with Crippen LogP contribution in [0, 0.1) is 0 Å². The number of hydrogen-bond donors (Lipinski definition) is 1. The van der Waals surface area contributed by atoms with E-state index < -0.39 is 5.97 Å². The zero-order chi connectivity index (χ0) is 13.5. The molecular weight excluding hydrogens is 230 g/mol. The number of carboxylic acid groups (broad SMARTS) is 1. The van der Waals surface area contributed by atoms with Gasteiger partial charge < -0.3 is 10.0 Å². The third-order valence-electron chi connectivity index (χ3n) is 2.65. The van der Waals surface area contributed by atoms with Gasteiger partial charge in [0, 0.05) is 19.2 Å². The molecule has 0 spiro atoms. The first-order valence-electron chi connectivity index (χ1n) is 5.88. The maximum absolute atomic E-state index is 11.7. The summed E-state index contributed by atoms with van der Waals surface area (Å²) in [6, 6.07) is 6.39. The predicted molar refractivity (Wildman–Crippen MR) is 70.4 cm³/mol. The molecule has 1 rings (SSSR count). The predicted octanol–water partition coefficient (Wildman–Crippen LogP) is 2.27. The van der Waals surface area contributed by atoms with E-state index in [9.17, 15) is 9.59 Å². The standard InChI is InChI=1S/C14H17NO3/c1-3-15(4-2)13(16)10-7-11-5-8-12(9-6-11)14(17)18/h5-10H,3-4H2,1-2H3,(H,17,18). The maximum Gasteiger partial charge on any atom is 0.335 e. The van der Waals surface area contributed by atoms with Gasteiger partial charge in [0.25, 0.3) is 0 Å². The van der Waals surface area contributed by atoms with Gasteiger partial charge in [0.1, 0.15) is 0 Å². The molecule has 0 aliphatic carbocycles. The molecule has 1 N–H and O–H groups in total. The minimum absolute atomic E-state index is 0.0395. The molecule has 0 aromatic heterocycles. The van der Waals surface area contributed by atoms with Crippen LogP contribution in [0.2, 0.25) is 0 Å². The Balaban J connectivity index is 2.72. The number of amides is 1. The molecule has 0 saturated heterocycles. The van der Waals surface area contributed by atoms with E-state index in [1.165, 1.54) is 18.2 Å². The quantitative estimate of drug-likeness (QED) is 0.812. The summed E-state index contributed by atoms with van der Waals surface area (Å²) in [5.41, 5.74) is 1.04. The van der Waals surface area contributed by atoms with Gasteiger partial charge in [-0.25, -0.2) is 4.79 Å². The summed E-state index contributed by atoms with van der Waals surface area (Å²) in [4.78, 5) is 24.1. The van der Waals surface area contributed by atoms with Crippen molar-refractivity contribution < 1.29 is 14.7 Å². The Kier molecular flexibility index (Phi) is 5.11. The Morgan fingerprint density at radius 2 is 1.72 bits per heavy atom. The van der Waals surface area contributed by atoms with Crippen LogP contribution in [0.1, 0.15) is 29.8 Å². The molecule has 4 heteroatoms. The van der Waals surface area contributed by atoms with E-state index in [1.807, 2.05) is 13.8 Å². The Bertz CT molecular complexity index is 445. The van der Waals surface area contributed by atoms with E-state index in [-0.39, 0.29) is 11.5 Å². The monoisotopic (exact) mass is 247 g/mol. The van der Waals surface area contributed by atoms with Gasteiger partial charge >= 0.3 is 5.97 Å². The number of carboxylic acids is 1. The van der Waals surface area contributed by atoms with Gasteiger partial charge in [-0.3, -0.25) is 4.79 Å². The molecule has 0 radical (unpaired) electrons. The Labute approximate surface area is 107 Å². The first kappa shape index (κ1) is 14.0. The summed E-state index contributed by atoms with van der Waals surface area (Å²) in [7, 11) is 0. The fourth-order valence-electron chi connectivity index (χ4n) is 1.55. The van der Waals surface area contributed by atoms with E-state index in [1.54, 1.807) is 23.1 Å². The van der Waals surface area contributed by atoms with Crippen molar-refractivity contribution >= 4 is 18.0 Å². The molecular formula is C14H17NO3. The molecule has 0 fully saturated rings. The molecule has 0 unspecified atom stereocenters. The van der Waals surface area contributed by atoms with Crippen molar-refractivity contribution in [1.29, 1.82) is 0 Å². The number of rotatable bonds is 5. The highest BCUT2D eigenvalue weighted by molar-refractivity contribution is 5.92. The van der Waals surface area contributed by atoms with Crippen LogP contribution < -0.4 is 0 Å². The molecule has 0 bridgehead atoms. The lowest BCUT2D eigenvalue weighted by molar-refractivity contribution is -0.125. The van der Waals surface area contributed by atoms with E-state index >= 15 is 0 Å².